The minimum absolute atomic E-state index is 0.0291. The van der Waals surface area contributed by atoms with Gasteiger partial charge in [-0.2, -0.15) is 0 Å². The number of hydrogen-bond donors (Lipinski definition) is 0. The summed E-state index contributed by atoms with van der Waals surface area (Å²) < 4.78 is 0. The van der Waals surface area contributed by atoms with E-state index in [0.717, 1.165) is 33.9 Å². The van der Waals surface area contributed by atoms with E-state index in [0.29, 0.717) is 0 Å². The Kier molecular flexibility index (Phi) is 5.63. The first kappa shape index (κ1) is 27.0. The normalized spacial score (nSPS) is 14.9. The molecule has 0 bridgehead atoms. The van der Waals surface area contributed by atoms with Crippen molar-refractivity contribution in [2.75, 3.05) is 0 Å². The van der Waals surface area contributed by atoms with Crippen molar-refractivity contribution in [2.45, 2.75) is 38.5 Å². The van der Waals surface area contributed by atoms with Crippen molar-refractivity contribution < 1.29 is 0 Å². The summed E-state index contributed by atoms with van der Waals surface area (Å²) in [7, 11) is 0. The minimum atomic E-state index is -0.157. The van der Waals surface area contributed by atoms with Crippen LogP contribution in [-0.2, 0) is 10.8 Å². The van der Waals surface area contributed by atoms with Crippen LogP contribution >= 0.6 is 0 Å². The molecule has 6 aromatic carbocycles. The third-order valence-corrected chi connectivity index (χ3v) is 10.5. The number of aromatic nitrogens is 2. The lowest BCUT2D eigenvalue weighted by atomic mass is 9.79. The molecule has 9 rings (SSSR count). The van der Waals surface area contributed by atoms with E-state index in [2.05, 4.69) is 155 Å². The molecule has 1 heterocycles. The second kappa shape index (κ2) is 9.58. The molecule has 0 atom stereocenters. The van der Waals surface area contributed by atoms with Crippen LogP contribution in [0.3, 0.4) is 0 Å². The van der Waals surface area contributed by atoms with Crippen LogP contribution in [0.15, 0.2) is 133 Å². The third kappa shape index (κ3) is 3.89. The molecule has 0 unspecified atom stereocenters. The van der Waals surface area contributed by atoms with Gasteiger partial charge >= 0.3 is 0 Å². The molecule has 0 amide bonds. The van der Waals surface area contributed by atoms with Gasteiger partial charge in [-0.15, -0.1) is 0 Å². The fraction of sp³-hybridized carbons (Fsp3) is 0.136. The molecule has 0 radical (unpaired) electrons. The van der Waals surface area contributed by atoms with E-state index in [9.17, 15) is 0 Å². The Bertz CT molecular complexity index is 2360. The molecule has 0 spiro atoms. The van der Waals surface area contributed by atoms with Crippen LogP contribution in [0, 0.1) is 0 Å². The molecule has 2 aliphatic rings. The van der Waals surface area contributed by atoms with Crippen molar-refractivity contribution in [1.29, 1.82) is 0 Å². The largest absolute Gasteiger partial charge is 0.228 e. The van der Waals surface area contributed by atoms with E-state index in [4.69, 9.17) is 9.97 Å². The number of hydrogen-bond acceptors (Lipinski definition) is 2. The molecule has 0 N–H and O–H groups in total. The summed E-state index contributed by atoms with van der Waals surface area (Å²) in [5.41, 5.74) is 15.8. The maximum absolute atomic E-state index is 5.21. The van der Waals surface area contributed by atoms with Crippen molar-refractivity contribution in [1.82, 2.24) is 9.97 Å². The average Bonchev–Trinajstić information content (AvgIpc) is 3.46. The Balaban J connectivity index is 1.20. The van der Waals surface area contributed by atoms with Gasteiger partial charge in [-0.05, 0) is 85.6 Å². The fourth-order valence-corrected chi connectivity index (χ4v) is 7.90. The van der Waals surface area contributed by atoms with Crippen LogP contribution in [-0.4, -0.2) is 9.97 Å². The Morgan fingerprint density at radius 2 is 0.935 bits per heavy atom. The Hall–Kier alpha value is -5.34. The van der Waals surface area contributed by atoms with Gasteiger partial charge in [0, 0.05) is 27.5 Å². The maximum Gasteiger partial charge on any atom is 0.160 e. The zero-order chi connectivity index (χ0) is 31.2. The zero-order valence-corrected chi connectivity index (χ0v) is 26.6. The fourth-order valence-electron chi connectivity index (χ4n) is 7.90. The molecule has 0 aliphatic heterocycles. The molecule has 220 valence electrons. The Morgan fingerprint density at radius 3 is 1.70 bits per heavy atom. The number of rotatable bonds is 3. The van der Waals surface area contributed by atoms with Gasteiger partial charge in [-0.1, -0.05) is 131 Å². The number of fused-ring (bicyclic) bond motifs is 7. The summed E-state index contributed by atoms with van der Waals surface area (Å²) in [4.78, 5) is 10.4. The predicted molar refractivity (Wildman–Crippen MR) is 191 cm³/mol. The lowest BCUT2D eigenvalue weighted by Gasteiger charge is -2.24. The predicted octanol–water partition coefficient (Wildman–Crippen LogP) is 11.2. The second-order valence-corrected chi connectivity index (χ2v) is 13.9. The third-order valence-electron chi connectivity index (χ3n) is 10.5. The molecule has 7 aromatic rings. The highest BCUT2D eigenvalue weighted by molar-refractivity contribution is 5.91. The van der Waals surface area contributed by atoms with Crippen molar-refractivity contribution in [3.8, 4) is 56.2 Å². The molecule has 46 heavy (non-hydrogen) atoms. The smallest absolute Gasteiger partial charge is 0.160 e. The molecular formula is C44H34N2. The quantitative estimate of drug-likeness (QED) is 0.205. The SMILES string of the molecule is CC1(C)c2ccccc2-c2cc3c(cc21)-c1ccc(-c2nc(-c4ccccc4)cc(-c4ccc5ccccc5c4)n2)cc1C3(C)C. The van der Waals surface area contributed by atoms with E-state index >= 15 is 0 Å². The van der Waals surface area contributed by atoms with Crippen molar-refractivity contribution >= 4 is 10.8 Å². The summed E-state index contributed by atoms with van der Waals surface area (Å²) in [5.74, 6) is 0.747. The topological polar surface area (TPSA) is 25.8 Å². The molecule has 0 saturated carbocycles. The van der Waals surface area contributed by atoms with Crippen LogP contribution in [0.4, 0.5) is 0 Å². The molecule has 2 heteroatoms. The van der Waals surface area contributed by atoms with E-state index in [1.807, 2.05) is 6.07 Å². The monoisotopic (exact) mass is 590 g/mol. The average molecular weight is 591 g/mol. The summed E-state index contributed by atoms with van der Waals surface area (Å²) in [6.07, 6.45) is 0. The van der Waals surface area contributed by atoms with Gasteiger partial charge in [-0.3, -0.25) is 0 Å². The van der Waals surface area contributed by atoms with Crippen LogP contribution in [0.2, 0.25) is 0 Å². The van der Waals surface area contributed by atoms with Gasteiger partial charge in [0.1, 0.15) is 0 Å². The van der Waals surface area contributed by atoms with Gasteiger partial charge in [0.05, 0.1) is 11.4 Å². The van der Waals surface area contributed by atoms with E-state index < -0.39 is 0 Å². The van der Waals surface area contributed by atoms with Crippen LogP contribution in [0.5, 0.6) is 0 Å². The van der Waals surface area contributed by atoms with Crippen LogP contribution in [0.1, 0.15) is 49.9 Å². The Labute approximate surface area is 270 Å². The first-order chi connectivity index (χ1) is 22.3. The van der Waals surface area contributed by atoms with Gasteiger partial charge in [0.15, 0.2) is 5.82 Å². The molecule has 2 aliphatic carbocycles. The highest BCUT2D eigenvalue weighted by Crippen LogP contribution is 2.56. The van der Waals surface area contributed by atoms with Gasteiger partial charge in [-0.25, -0.2) is 9.97 Å². The summed E-state index contributed by atoms with van der Waals surface area (Å²) in [6, 6.07) is 48.3. The summed E-state index contributed by atoms with van der Waals surface area (Å²) >= 11 is 0. The zero-order valence-electron chi connectivity index (χ0n) is 26.6. The standard InChI is InChI=1S/C44H34N2/c1-43(2)36-17-11-10-16-32(36)34-24-39-35(25-38(34)43)33-21-20-31(23-37(33)44(39,3)4)42-45-40(28-13-6-5-7-14-28)26-41(46-42)30-19-18-27-12-8-9-15-29(27)22-30/h5-26H,1-4H3. The van der Waals surface area contributed by atoms with E-state index in [1.165, 1.54) is 55.3 Å². The lowest BCUT2D eigenvalue weighted by molar-refractivity contribution is 0.652. The summed E-state index contributed by atoms with van der Waals surface area (Å²) in [5, 5.41) is 2.43. The van der Waals surface area contributed by atoms with Gasteiger partial charge in [0.25, 0.3) is 0 Å². The first-order valence-electron chi connectivity index (χ1n) is 16.2. The van der Waals surface area contributed by atoms with Crippen molar-refractivity contribution in [3.63, 3.8) is 0 Å². The molecule has 1 aromatic heterocycles. The lowest BCUT2D eigenvalue weighted by Crippen LogP contribution is -2.17. The van der Waals surface area contributed by atoms with Gasteiger partial charge < -0.3 is 0 Å². The van der Waals surface area contributed by atoms with Crippen molar-refractivity contribution in [2.24, 2.45) is 0 Å². The van der Waals surface area contributed by atoms with Crippen LogP contribution in [0.25, 0.3) is 66.9 Å². The highest BCUT2D eigenvalue weighted by atomic mass is 14.9. The van der Waals surface area contributed by atoms with Crippen LogP contribution < -0.4 is 0 Å². The maximum atomic E-state index is 5.21. The second-order valence-electron chi connectivity index (χ2n) is 13.9. The minimum Gasteiger partial charge on any atom is -0.228 e. The summed E-state index contributed by atoms with van der Waals surface area (Å²) in [6.45, 7) is 9.44. The number of benzene rings is 6. The first-order valence-corrected chi connectivity index (χ1v) is 16.2. The highest BCUT2D eigenvalue weighted by Gasteiger charge is 2.41. The molecule has 0 fully saturated rings. The molecular weight excluding hydrogens is 556 g/mol. The van der Waals surface area contributed by atoms with Gasteiger partial charge in [0.2, 0.25) is 0 Å². The number of nitrogens with zero attached hydrogens (tertiary/aromatic N) is 2. The molecule has 0 saturated heterocycles. The van der Waals surface area contributed by atoms with Crippen molar-refractivity contribution in [3.05, 3.63) is 156 Å². The molecule has 2 nitrogen and oxygen atoms in total. The van der Waals surface area contributed by atoms with E-state index in [1.54, 1.807) is 0 Å². The van der Waals surface area contributed by atoms with E-state index in [-0.39, 0.29) is 10.8 Å². The Morgan fingerprint density at radius 1 is 0.370 bits per heavy atom.